The normalized spacial score (nSPS) is 17.8. The number of esters is 1. The summed E-state index contributed by atoms with van der Waals surface area (Å²) in [7, 11) is 0. The fourth-order valence-electron chi connectivity index (χ4n) is 4.50. The van der Waals surface area contributed by atoms with E-state index in [2.05, 4.69) is 17.6 Å². The first kappa shape index (κ1) is 29.2. The smallest absolute Gasteiger partial charge is 0.308 e. The number of hydrogen-bond donors (Lipinski definition) is 2. The minimum atomic E-state index is -1.01. The lowest BCUT2D eigenvalue weighted by Gasteiger charge is -2.27. The molecule has 0 radical (unpaired) electrons. The van der Waals surface area contributed by atoms with Crippen LogP contribution in [-0.4, -0.2) is 80.1 Å². The summed E-state index contributed by atoms with van der Waals surface area (Å²) in [5.41, 5.74) is 0.900. The van der Waals surface area contributed by atoms with E-state index in [0.29, 0.717) is 38.7 Å². The van der Waals surface area contributed by atoms with Crippen molar-refractivity contribution in [3.63, 3.8) is 0 Å². The van der Waals surface area contributed by atoms with Gasteiger partial charge in [-0.1, -0.05) is 32.8 Å². The maximum atomic E-state index is 13.1. The third kappa shape index (κ3) is 7.38. The highest BCUT2D eigenvalue weighted by Gasteiger charge is 2.45. The van der Waals surface area contributed by atoms with Crippen molar-refractivity contribution in [2.24, 2.45) is 5.92 Å². The van der Waals surface area contributed by atoms with Crippen LogP contribution in [0.25, 0.3) is 0 Å². The Bertz CT molecular complexity index is 1030. The molecule has 0 bridgehead atoms. The minimum absolute atomic E-state index is 0.0504. The molecule has 2 aliphatic heterocycles. The Balaban J connectivity index is 1.35. The van der Waals surface area contributed by atoms with E-state index in [1.54, 1.807) is 18.2 Å². The van der Waals surface area contributed by atoms with Gasteiger partial charge < -0.3 is 19.5 Å². The molecule has 1 aromatic carbocycles. The maximum absolute atomic E-state index is 13.1. The van der Waals surface area contributed by atoms with Gasteiger partial charge in [0.25, 0.3) is 11.8 Å². The molecule has 2 aliphatic rings. The van der Waals surface area contributed by atoms with Gasteiger partial charge in [0.1, 0.15) is 12.6 Å². The number of anilines is 1. The second kappa shape index (κ2) is 14.6. The Morgan fingerprint density at radius 1 is 1.05 bits per heavy atom. The zero-order valence-electron chi connectivity index (χ0n) is 22.1. The molecule has 2 atom stereocenters. The Hall–Kier alpha value is -3.31. The Kier molecular flexibility index (Phi) is 11.2. The SMILES string of the molecule is CCCCC(CC)C(=O)OCCOCCOCCNc1cccc2c1C(=O)N(C1CCC(=O)NC1=O)C2=O. The van der Waals surface area contributed by atoms with Crippen molar-refractivity contribution in [2.75, 3.05) is 44.9 Å². The molecule has 1 aromatic rings. The standard InChI is InChI=1S/C27H37N3O8/c1-3-5-7-18(4-2)27(35)38-17-16-37-15-14-36-13-12-28-20-9-6-8-19-23(20)26(34)30(25(19)33)21-10-11-22(31)29-24(21)32/h6,8-9,18,21,28H,3-5,7,10-17H2,1-2H3,(H,29,31,32). The zero-order valence-corrected chi connectivity index (χ0v) is 22.1. The molecule has 3 rings (SSSR count). The first-order chi connectivity index (χ1) is 18.4. The summed E-state index contributed by atoms with van der Waals surface area (Å²) in [5.74, 6) is -2.38. The van der Waals surface area contributed by atoms with Crippen molar-refractivity contribution in [3.8, 4) is 0 Å². The van der Waals surface area contributed by atoms with Crippen LogP contribution in [0.5, 0.6) is 0 Å². The lowest BCUT2D eigenvalue weighted by Crippen LogP contribution is -2.54. The van der Waals surface area contributed by atoms with Crippen molar-refractivity contribution in [3.05, 3.63) is 29.3 Å². The quantitative estimate of drug-likeness (QED) is 0.187. The summed E-state index contributed by atoms with van der Waals surface area (Å²) in [6.45, 7) is 6.00. The minimum Gasteiger partial charge on any atom is -0.463 e. The third-order valence-electron chi connectivity index (χ3n) is 6.61. The fourth-order valence-corrected chi connectivity index (χ4v) is 4.50. The van der Waals surface area contributed by atoms with Crippen LogP contribution in [0.15, 0.2) is 18.2 Å². The molecular formula is C27H37N3O8. The number of nitrogens with zero attached hydrogens (tertiary/aromatic N) is 1. The summed E-state index contributed by atoms with van der Waals surface area (Å²) in [6, 6.07) is 3.89. The van der Waals surface area contributed by atoms with E-state index in [1.165, 1.54) is 0 Å². The average molecular weight is 532 g/mol. The van der Waals surface area contributed by atoms with Gasteiger partial charge in [-0.25, -0.2) is 0 Å². The summed E-state index contributed by atoms with van der Waals surface area (Å²) in [4.78, 5) is 62.6. The van der Waals surface area contributed by atoms with Crippen LogP contribution in [0.2, 0.25) is 0 Å². The highest BCUT2D eigenvalue weighted by Crippen LogP contribution is 2.32. The highest BCUT2D eigenvalue weighted by molar-refractivity contribution is 6.25. The average Bonchev–Trinajstić information content (AvgIpc) is 3.16. The molecule has 0 aliphatic carbocycles. The number of nitrogens with one attached hydrogen (secondary N) is 2. The Labute approximate surface area is 222 Å². The van der Waals surface area contributed by atoms with Gasteiger partial charge in [0.05, 0.1) is 43.5 Å². The summed E-state index contributed by atoms with van der Waals surface area (Å²) >= 11 is 0. The lowest BCUT2D eigenvalue weighted by atomic mass is 10.00. The molecule has 0 saturated carbocycles. The van der Waals surface area contributed by atoms with E-state index in [9.17, 15) is 24.0 Å². The first-order valence-electron chi connectivity index (χ1n) is 13.3. The van der Waals surface area contributed by atoms with Gasteiger partial charge in [0.2, 0.25) is 11.8 Å². The van der Waals surface area contributed by atoms with Crippen LogP contribution in [-0.2, 0) is 28.6 Å². The van der Waals surface area contributed by atoms with Crippen LogP contribution >= 0.6 is 0 Å². The van der Waals surface area contributed by atoms with Crippen molar-refractivity contribution in [1.82, 2.24) is 10.2 Å². The number of benzene rings is 1. The van der Waals surface area contributed by atoms with Gasteiger partial charge in [-0.15, -0.1) is 0 Å². The maximum Gasteiger partial charge on any atom is 0.308 e. The number of amides is 4. The number of carbonyl (C=O) groups excluding carboxylic acids is 5. The second-order valence-electron chi connectivity index (χ2n) is 9.24. The van der Waals surface area contributed by atoms with E-state index in [-0.39, 0.29) is 42.5 Å². The number of carbonyl (C=O) groups is 5. The van der Waals surface area contributed by atoms with E-state index in [4.69, 9.17) is 14.2 Å². The van der Waals surface area contributed by atoms with Crippen LogP contribution in [0.4, 0.5) is 5.69 Å². The second-order valence-corrected chi connectivity index (χ2v) is 9.24. The Morgan fingerprint density at radius 3 is 2.50 bits per heavy atom. The molecule has 2 unspecified atom stereocenters. The Morgan fingerprint density at radius 2 is 1.79 bits per heavy atom. The van der Waals surface area contributed by atoms with E-state index >= 15 is 0 Å². The molecule has 1 fully saturated rings. The van der Waals surface area contributed by atoms with Gasteiger partial charge >= 0.3 is 5.97 Å². The summed E-state index contributed by atoms with van der Waals surface area (Å²) in [5, 5.41) is 5.30. The van der Waals surface area contributed by atoms with Crippen molar-refractivity contribution in [1.29, 1.82) is 0 Å². The number of rotatable bonds is 16. The van der Waals surface area contributed by atoms with Gasteiger partial charge in [-0.05, 0) is 31.4 Å². The number of fused-ring (bicyclic) bond motifs is 1. The van der Waals surface area contributed by atoms with Gasteiger partial charge in [0.15, 0.2) is 0 Å². The molecule has 11 nitrogen and oxygen atoms in total. The number of ether oxygens (including phenoxy) is 3. The van der Waals surface area contributed by atoms with E-state index in [1.807, 2.05) is 6.92 Å². The molecule has 208 valence electrons. The molecule has 11 heteroatoms. The topological polar surface area (TPSA) is 140 Å². The number of imide groups is 2. The van der Waals surface area contributed by atoms with Crippen LogP contribution in [0.3, 0.4) is 0 Å². The molecule has 0 aromatic heterocycles. The fraction of sp³-hybridized carbons (Fsp3) is 0.593. The van der Waals surface area contributed by atoms with Crippen molar-refractivity contribution < 1.29 is 38.2 Å². The lowest BCUT2D eigenvalue weighted by molar-refractivity contribution is -0.150. The molecule has 0 spiro atoms. The van der Waals surface area contributed by atoms with Gasteiger partial charge in [-0.3, -0.25) is 34.2 Å². The monoisotopic (exact) mass is 531 g/mol. The molecule has 1 saturated heterocycles. The van der Waals surface area contributed by atoms with Crippen molar-refractivity contribution in [2.45, 2.75) is 58.4 Å². The molecule has 2 heterocycles. The number of hydrogen-bond acceptors (Lipinski definition) is 9. The van der Waals surface area contributed by atoms with Gasteiger partial charge in [0, 0.05) is 18.7 Å². The van der Waals surface area contributed by atoms with Gasteiger partial charge in [-0.2, -0.15) is 0 Å². The van der Waals surface area contributed by atoms with E-state index < -0.39 is 29.7 Å². The van der Waals surface area contributed by atoms with Crippen LogP contribution < -0.4 is 10.6 Å². The molecule has 2 N–H and O–H groups in total. The molecule has 38 heavy (non-hydrogen) atoms. The highest BCUT2D eigenvalue weighted by atomic mass is 16.6. The van der Waals surface area contributed by atoms with Crippen molar-refractivity contribution >= 4 is 35.3 Å². The molecular weight excluding hydrogens is 494 g/mol. The number of unbranched alkanes of at least 4 members (excludes halogenated alkanes) is 1. The summed E-state index contributed by atoms with van der Waals surface area (Å²) in [6.07, 6.45) is 3.86. The number of piperidine rings is 1. The molecule has 4 amide bonds. The van der Waals surface area contributed by atoms with E-state index in [0.717, 1.165) is 30.6 Å². The predicted molar refractivity (Wildman–Crippen MR) is 138 cm³/mol. The van der Waals surface area contributed by atoms with Crippen LogP contribution in [0.1, 0.15) is 73.1 Å². The predicted octanol–water partition coefficient (Wildman–Crippen LogP) is 2.29. The largest absolute Gasteiger partial charge is 0.463 e. The first-order valence-corrected chi connectivity index (χ1v) is 13.3. The third-order valence-corrected chi connectivity index (χ3v) is 6.61. The van der Waals surface area contributed by atoms with Crippen LogP contribution in [0, 0.1) is 5.92 Å². The summed E-state index contributed by atoms with van der Waals surface area (Å²) < 4.78 is 16.3. The zero-order chi connectivity index (χ0) is 27.5.